The first-order valence-corrected chi connectivity index (χ1v) is 14.1. The average molecular weight is 542 g/mol. The van der Waals surface area contributed by atoms with Gasteiger partial charge in [-0.3, -0.25) is 9.80 Å². The van der Waals surface area contributed by atoms with Crippen molar-refractivity contribution >= 4 is 44.8 Å². The van der Waals surface area contributed by atoms with Crippen LogP contribution in [-0.4, -0.2) is 78.8 Å². The SMILES string of the molecule is CN1C2CCC1CN(Cc1ccc(Nc3ncc(Cl)c(Nc4ccccc4S(=O)(=O)N(C)C)n3)cc1)C2. The summed E-state index contributed by atoms with van der Waals surface area (Å²) in [6.45, 7) is 3.20. The van der Waals surface area contributed by atoms with Crippen LogP contribution < -0.4 is 10.6 Å². The maximum atomic E-state index is 12.7. The van der Waals surface area contributed by atoms with E-state index in [2.05, 4.69) is 49.6 Å². The maximum Gasteiger partial charge on any atom is 0.244 e. The molecule has 2 atom stereocenters. The summed E-state index contributed by atoms with van der Waals surface area (Å²) in [7, 11) is 1.58. The lowest BCUT2D eigenvalue weighted by Gasteiger charge is -2.38. The zero-order valence-corrected chi connectivity index (χ0v) is 22.8. The summed E-state index contributed by atoms with van der Waals surface area (Å²) in [6.07, 6.45) is 4.09. The summed E-state index contributed by atoms with van der Waals surface area (Å²) < 4.78 is 26.6. The van der Waals surface area contributed by atoms with E-state index in [0.29, 0.717) is 29.5 Å². The molecule has 2 aromatic carbocycles. The number of aromatic nitrogens is 2. The minimum absolute atomic E-state index is 0.133. The molecule has 2 saturated heterocycles. The molecule has 2 bridgehead atoms. The molecule has 3 heterocycles. The van der Waals surface area contributed by atoms with Gasteiger partial charge in [-0.1, -0.05) is 35.9 Å². The molecule has 0 radical (unpaired) electrons. The minimum atomic E-state index is -3.66. The second kappa shape index (κ2) is 10.5. The Kier molecular flexibility index (Phi) is 7.37. The lowest BCUT2D eigenvalue weighted by molar-refractivity contribution is 0.0838. The summed E-state index contributed by atoms with van der Waals surface area (Å²) >= 11 is 6.34. The smallest absolute Gasteiger partial charge is 0.244 e. The van der Waals surface area contributed by atoms with Gasteiger partial charge >= 0.3 is 0 Å². The van der Waals surface area contributed by atoms with E-state index in [1.807, 2.05) is 12.1 Å². The van der Waals surface area contributed by atoms with E-state index in [-0.39, 0.29) is 9.92 Å². The van der Waals surface area contributed by atoms with Gasteiger partial charge in [0.15, 0.2) is 5.82 Å². The second-order valence-corrected chi connectivity index (χ2v) is 12.4. The fraction of sp³-hybridized carbons (Fsp3) is 0.385. The number of halogens is 1. The van der Waals surface area contributed by atoms with Crippen molar-refractivity contribution in [2.75, 3.05) is 44.9 Å². The van der Waals surface area contributed by atoms with E-state index in [1.54, 1.807) is 24.3 Å². The summed E-state index contributed by atoms with van der Waals surface area (Å²) in [6, 6.07) is 16.3. The third-order valence-corrected chi connectivity index (χ3v) is 9.33. The van der Waals surface area contributed by atoms with Gasteiger partial charge in [-0.2, -0.15) is 4.98 Å². The highest BCUT2D eigenvalue weighted by atomic mass is 35.5. The highest BCUT2D eigenvalue weighted by Gasteiger charge is 2.37. The fourth-order valence-corrected chi connectivity index (χ4v) is 6.22. The van der Waals surface area contributed by atoms with Crippen LogP contribution in [0, 0.1) is 0 Å². The van der Waals surface area contributed by atoms with Crippen LogP contribution in [0.1, 0.15) is 18.4 Å². The topological polar surface area (TPSA) is 93.7 Å². The van der Waals surface area contributed by atoms with Crippen LogP contribution in [0.5, 0.6) is 0 Å². The average Bonchev–Trinajstić information content (AvgIpc) is 3.07. The third kappa shape index (κ3) is 5.58. The highest BCUT2D eigenvalue weighted by molar-refractivity contribution is 7.89. The lowest BCUT2D eigenvalue weighted by Crippen LogP contribution is -2.51. The zero-order chi connectivity index (χ0) is 26.2. The number of nitrogens with one attached hydrogen (secondary N) is 2. The predicted octanol–water partition coefficient (Wildman–Crippen LogP) is 4.15. The van der Waals surface area contributed by atoms with Gasteiger partial charge in [-0.25, -0.2) is 17.7 Å². The number of nitrogens with zero attached hydrogens (tertiary/aromatic N) is 5. The van der Waals surface area contributed by atoms with Crippen molar-refractivity contribution in [3.05, 3.63) is 65.3 Å². The quantitative estimate of drug-likeness (QED) is 0.439. The van der Waals surface area contributed by atoms with Crippen LogP contribution >= 0.6 is 11.6 Å². The largest absolute Gasteiger partial charge is 0.338 e. The van der Waals surface area contributed by atoms with Crippen LogP contribution in [0.3, 0.4) is 0 Å². The van der Waals surface area contributed by atoms with E-state index in [0.717, 1.165) is 25.3 Å². The van der Waals surface area contributed by atoms with Gasteiger partial charge in [-0.15, -0.1) is 0 Å². The number of rotatable bonds is 8. The van der Waals surface area contributed by atoms with Crippen LogP contribution in [0.4, 0.5) is 23.1 Å². The van der Waals surface area contributed by atoms with Gasteiger partial charge in [-0.05, 0) is 49.7 Å². The molecule has 11 heteroatoms. The molecular formula is C26H32ClN7O2S. The molecule has 2 N–H and O–H groups in total. The van der Waals surface area contributed by atoms with E-state index in [1.165, 1.54) is 43.0 Å². The first-order chi connectivity index (χ1) is 17.7. The molecule has 2 fully saturated rings. The van der Waals surface area contributed by atoms with Crippen molar-refractivity contribution in [1.29, 1.82) is 0 Å². The van der Waals surface area contributed by atoms with Gasteiger partial charge in [0, 0.05) is 51.5 Å². The number of likely N-dealkylation sites (tertiary alicyclic amines) is 1. The van der Waals surface area contributed by atoms with E-state index >= 15 is 0 Å². The minimum Gasteiger partial charge on any atom is -0.338 e. The van der Waals surface area contributed by atoms with Gasteiger partial charge in [0.25, 0.3) is 0 Å². The number of fused-ring (bicyclic) bond motifs is 2. The molecule has 2 aliphatic rings. The van der Waals surface area contributed by atoms with E-state index < -0.39 is 10.0 Å². The first kappa shape index (κ1) is 25.9. The number of hydrogen-bond acceptors (Lipinski definition) is 8. The molecule has 196 valence electrons. The summed E-state index contributed by atoms with van der Waals surface area (Å²) in [4.78, 5) is 14.0. The Morgan fingerprint density at radius 2 is 1.70 bits per heavy atom. The van der Waals surface area contributed by atoms with Crippen LogP contribution in [0.15, 0.2) is 59.6 Å². The number of likely N-dealkylation sites (N-methyl/N-ethyl adjacent to an activating group) is 1. The van der Waals surface area contributed by atoms with Crippen LogP contribution in [0.2, 0.25) is 5.02 Å². The predicted molar refractivity (Wildman–Crippen MR) is 147 cm³/mol. The summed E-state index contributed by atoms with van der Waals surface area (Å²) in [5.74, 6) is 0.658. The maximum absolute atomic E-state index is 12.7. The molecule has 3 aromatic rings. The normalized spacial score (nSPS) is 20.4. The van der Waals surface area contributed by atoms with Crippen molar-refractivity contribution in [1.82, 2.24) is 24.1 Å². The first-order valence-electron chi connectivity index (χ1n) is 12.3. The molecule has 37 heavy (non-hydrogen) atoms. The molecule has 2 aliphatic heterocycles. The van der Waals surface area contributed by atoms with Gasteiger partial charge in [0.05, 0.1) is 11.9 Å². The lowest BCUT2D eigenvalue weighted by atomic mass is 10.1. The summed E-state index contributed by atoms with van der Waals surface area (Å²) in [5.41, 5.74) is 2.50. The van der Waals surface area contributed by atoms with E-state index in [4.69, 9.17) is 11.6 Å². The van der Waals surface area contributed by atoms with Gasteiger partial charge in [0.1, 0.15) is 9.92 Å². The number of piperazine rings is 1. The molecule has 9 nitrogen and oxygen atoms in total. The number of hydrogen-bond donors (Lipinski definition) is 2. The Hall–Kier alpha value is -2.76. The molecule has 0 saturated carbocycles. The molecular weight excluding hydrogens is 510 g/mol. The van der Waals surface area contributed by atoms with Crippen molar-refractivity contribution in [2.45, 2.75) is 36.4 Å². The Balaban J connectivity index is 1.27. The van der Waals surface area contributed by atoms with Crippen molar-refractivity contribution in [3.8, 4) is 0 Å². The number of benzene rings is 2. The van der Waals surface area contributed by atoms with Crippen LogP contribution in [-0.2, 0) is 16.6 Å². The fourth-order valence-electron chi connectivity index (χ4n) is 5.04. The number of para-hydroxylation sites is 1. The molecule has 5 rings (SSSR count). The molecule has 0 amide bonds. The Morgan fingerprint density at radius 3 is 2.38 bits per heavy atom. The third-order valence-electron chi connectivity index (χ3n) is 7.18. The Bertz CT molecular complexity index is 1350. The molecule has 0 aliphatic carbocycles. The van der Waals surface area contributed by atoms with Crippen molar-refractivity contribution in [3.63, 3.8) is 0 Å². The van der Waals surface area contributed by atoms with Gasteiger partial charge < -0.3 is 10.6 Å². The molecule has 0 spiro atoms. The summed E-state index contributed by atoms with van der Waals surface area (Å²) in [5, 5.41) is 6.55. The van der Waals surface area contributed by atoms with Crippen molar-refractivity contribution in [2.24, 2.45) is 0 Å². The zero-order valence-electron chi connectivity index (χ0n) is 21.2. The standard InChI is InChI=1S/C26H32ClN7O2S/c1-32(2)37(35,36)24-7-5-4-6-23(24)30-25-22(27)14-28-26(31-25)29-19-10-8-18(9-11-19)15-34-16-20-12-13-21(17-34)33(20)3/h4-11,14,20-21H,12-13,15-17H2,1-3H3,(H2,28,29,30,31). The molecule has 2 unspecified atom stereocenters. The van der Waals surface area contributed by atoms with Crippen LogP contribution in [0.25, 0.3) is 0 Å². The van der Waals surface area contributed by atoms with Crippen molar-refractivity contribution < 1.29 is 8.42 Å². The Labute approximate surface area is 223 Å². The number of sulfonamides is 1. The highest BCUT2D eigenvalue weighted by Crippen LogP contribution is 2.31. The van der Waals surface area contributed by atoms with Gasteiger partial charge in [0.2, 0.25) is 16.0 Å². The number of anilines is 4. The second-order valence-electron chi connectivity index (χ2n) is 9.87. The Morgan fingerprint density at radius 1 is 1.03 bits per heavy atom. The van der Waals surface area contributed by atoms with E-state index in [9.17, 15) is 8.42 Å². The monoisotopic (exact) mass is 541 g/mol. The molecule has 1 aromatic heterocycles.